The molecule has 0 aliphatic heterocycles. The summed E-state index contributed by atoms with van der Waals surface area (Å²) in [6.45, 7) is 27.0. The summed E-state index contributed by atoms with van der Waals surface area (Å²) in [5.41, 5.74) is 16.6. The van der Waals surface area contributed by atoms with Crippen LogP contribution in [0.5, 0.6) is 0 Å². The van der Waals surface area contributed by atoms with Gasteiger partial charge in [-0.1, -0.05) is 164 Å². The maximum absolute atomic E-state index is 3.88. The van der Waals surface area contributed by atoms with Gasteiger partial charge >= 0.3 is 41.3 Å². The second-order valence-corrected chi connectivity index (χ2v) is 18.8. The zero-order valence-electron chi connectivity index (χ0n) is 31.7. The molecule has 0 N–H and O–H groups in total. The van der Waals surface area contributed by atoms with Crippen LogP contribution >= 0.6 is 0 Å². The Balaban J connectivity index is 0.000000439. The zero-order valence-corrected chi connectivity index (χ0v) is 35.7. The fraction of sp³-hybridized carbons (Fsp3) is 0.348. The van der Waals surface area contributed by atoms with Crippen LogP contribution in [0.15, 0.2) is 97.1 Å². The van der Waals surface area contributed by atoms with Crippen LogP contribution in [0, 0.1) is 13.0 Å². The van der Waals surface area contributed by atoms with Crippen LogP contribution < -0.4 is 24.8 Å². The minimum atomic E-state index is 0. The molecule has 0 amide bonds. The van der Waals surface area contributed by atoms with E-state index in [0.717, 1.165) is 6.42 Å². The molecule has 0 nitrogen and oxygen atoms in total. The summed E-state index contributed by atoms with van der Waals surface area (Å²) < 4.78 is 1.51. The molecule has 1 aliphatic carbocycles. The summed E-state index contributed by atoms with van der Waals surface area (Å²) in [6.07, 6.45) is 0.944. The Morgan fingerprint density at radius 1 is 0.633 bits per heavy atom. The first-order valence-electron chi connectivity index (χ1n) is 17.0. The number of aryl methyl sites for hydroxylation is 1. The van der Waals surface area contributed by atoms with Crippen LogP contribution in [0.4, 0.5) is 0 Å². The first kappa shape index (κ1) is 42.7. The SMILES string of the molecule is CC(C)(C)c1cc2c([c-]c1-c1ccccc1)Cc1cc(-c3ccccc3)c(C(C)(C)C)cc1-2.C[C](C)=[Zr+2].Cc1cc(C(C)(C)C)c[cH-]1.[Cl-].[Cl-]. The van der Waals surface area contributed by atoms with E-state index in [1.54, 1.807) is 24.2 Å². The van der Waals surface area contributed by atoms with Crippen LogP contribution in [0.3, 0.4) is 0 Å². The molecular formula is C46H54Cl2Zr-2. The van der Waals surface area contributed by atoms with Crippen LogP contribution in [0.25, 0.3) is 33.4 Å². The van der Waals surface area contributed by atoms with Crippen molar-refractivity contribution in [3.8, 4) is 33.4 Å². The monoisotopic (exact) mass is 766 g/mol. The first-order valence-corrected chi connectivity index (χ1v) is 18.2. The van der Waals surface area contributed by atoms with Gasteiger partial charge < -0.3 is 24.8 Å². The molecule has 5 aromatic rings. The van der Waals surface area contributed by atoms with Gasteiger partial charge in [0.2, 0.25) is 0 Å². The van der Waals surface area contributed by atoms with Gasteiger partial charge in [-0.2, -0.15) is 23.3 Å². The van der Waals surface area contributed by atoms with Crippen molar-refractivity contribution >= 4 is 3.21 Å². The summed E-state index contributed by atoms with van der Waals surface area (Å²) in [7, 11) is 0. The van der Waals surface area contributed by atoms with E-state index in [1.165, 1.54) is 70.0 Å². The molecule has 0 atom stereocenters. The summed E-state index contributed by atoms with van der Waals surface area (Å²) in [6, 6.07) is 39.5. The Labute approximate surface area is 325 Å². The van der Waals surface area contributed by atoms with Crippen LogP contribution in [0.2, 0.25) is 0 Å². The molecule has 0 heterocycles. The summed E-state index contributed by atoms with van der Waals surface area (Å²) >= 11 is 1.55. The second kappa shape index (κ2) is 17.2. The molecule has 0 bridgehead atoms. The fourth-order valence-corrected chi connectivity index (χ4v) is 6.13. The van der Waals surface area contributed by atoms with Crippen molar-refractivity contribution in [2.24, 2.45) is 0 Å². The number of halogens is 2. The first-order chi connectivity index (χ1) is 21.9. The standard InChI is InChI=1S/C33H33.C10H15.C3H6.2ClH.Zr/c1-32(2,3)30-20-26-24(18-28(30)22-13-9-7-10-14-22)17-25-19-29(23-15-11-8-12-16-23)31(21-27(25)26)33(4,5)6;1-8-5-6-9(7-8)10(2,3)4;1-3-2;;;/h7-16,18,20-21H,17H2,1-6H3;5-7H,1-4H3;1-2H3;2*1H;/q2*-1;;;;+2/p-2. The Kier molecular flexibility index (Phi) is 15.0. The topological polar surface area (TPSA) is 0 Å². The Bertz CT molecular complexity index is 1710. The number of rotatable bonds is 2. The van der Waals surface area contributed by atoms with Crippen molar-refractivity contribution in [2.45, 2.75) is 106 Å². The van der Waals surface area contributed by atoms with E-state index in [0.29, 0.717) is 5.41 Å². The van der Waals surface area contributed by atoms with Gasteiger partial charge in [0.1, 0.15) is 0 Å². The summed E-state index contributed by atoms with van der Waals surface area (Å²) in [5, 5.41) is 0. The fourth-order valence-electron chi connectivity index (χ4n) is 6.13. The molecule has 0 fully saturated rings. The number of hydrogen-bond donors (Lipinski definition) is 0. The largest absolute Gasteiger partial charge is 1.00 e. The number of hydrogen-bond acceptors (Lipinski definition) is 0. The molecule has 49 heavy (non-hydrogen) atoms. The summed E-state index contributed by atoms with van der Waals surface area (Å²) in [5.74, 6) is 0. The average molecular weight is 769 g/mol. The van der Waals surface area contributed by atoms with E-state index in [4.69, 9.17) is 0 Å². The molecule has 1 aliphatic rings. The Hall–Kier alpha value is -2.44. The van der Waals surface area contributed by atoms with Crippen molar-refractivity contribution in [2.75, 3.05) is 0 Å². The van der Waals surface area contributed by atoms with Crippen molar-refractivity contribution < 1.29 is 49.0 Å². The molecule has 0 radical (unpaired) electrons. The maximum Gasteiger partial charge on any atom is -0.0635 e. The van der Waals surface area contributed by atoms with Gasteiger partial charge in [-0.25, -0.2) is 6.07 Å². The molecule has 6 rings (SSSR count). The van der Waals surface area contributed by atoms with E-state index >= 15 is 0 Å². The third-order valence-corrected chi connectivity index (χ3v) is 8.60. The average Bonchev–Trinajstić information content (AvgIpc) is 3.59. The predicted molar refractivity (Wildman–Crippen MR) is 204 cm³/mol. The molecule has 258 valence electrons. The van der Waals surface area contributed by atoms with Crippen molar-refractivity contribution in [3.05, 3.63) is 137 Å². The van der Waals surface area contributed by atoms with Crippen LogP contribution in [-0.4, -0.2) is 3.21 Å². The van der Waals surface area contributed by atoms with Crippen molar-refractivity contribution in [1.82, 2.24) is 0 Å². The maximum atomic E-state index is 3.88. The van der Waals surface area contributed by atoms with Crippen LogP contribution in [0.1, 0.15) is 110 Å². The quantitative estimate of drug-likeness (QED) is 0.171. The molecular weight excluding hydrogens is 715 g/mol. The number of fused-ring (bicyclic) bond motifs is 3. The van der Waals surface area contributed by atoms with E-state index in [2.05, 4.69) is 186 Å². The minimum absolute atomic E-state index is 0. The van der Waals surface area contributed by atoms with Gasteiger partial charge in [-0.05, 0) is 39.5 Å². The molecule has 0 aromatic heterocycles. The molecule has 0 saturated heterocycles. The molecule has 3 heteroatoms. The Morgan fingerprint density at radius 2 is 1.12 bits per heavy atom. The van der Waals surface area contributed by atoms with Gasteiger partial charge in [-0.15, -0.1) is 28.8 Å². The summed E-state index contributed by atoms with van der Waals surface area (Å²) in [4.78, 5) is 0. The smallest absolute Gasteiger partial charge is 0.0635 e. The van der Waals surface area contributed by atoms with Gasteiger partial charge in [0.25, 0.3) is 0 Å². The van der Waals surface area contributed by atoms with E-state index in [1.807, 2.05) is 0 Å². The van der Waals surface area contributed by atoms with Crippen molar-refractivity contribution in [3.63, 3.8) is 0 Å². The molecule has 5 aromatic carbocycles. The van der Waals surface area contributed by atoms with Crippen LogP contribution in [-0.2, 0) is 46.9 Å². The van der Waals surface area contributed by atoms with E-state index in [9.17, 15) is 0 Å². The van der Waals surface area contributed by atoms with Gasteiger partial charge in [0.15, 0.2) is 0 Å². The third kappa shape index (κ3) is 11.0. The second-order valence-electron chi connectivity index (χ2n) is 16.3. The molecule has 0 spiro atoms. The molecule has 0 unspecified atom stereocenters. The normalized spacial score (nSPS) is 11.8. The van der Waals surface area contributed by atoms with Gasteiger partial charge in [0.05, 0.1) is 0 Å². The van der Waals surface area contributed by atoms with Gasteiger partial charge in [-0.3, -0.25) is 0 Å². The van der Waals surface area contributed by atoms with Crippen molar-refractivity contribution in [1.29, 1.82) is 0 Å². The zero-order chi connectivity index (χ0) is 34.7. The minimum Gasteiger partial charge on any atom is -1.00 e. The third-order valence-electron chi connectivity index (χ3n) is 8.60. The van der Waals surface area contributed by atoms with Gasteiger partial charge in [0, 0.05) is 0 Å². The van der Waals surface area contributed by atoms with E-state index in [-0.39, 0.29) is 35.6 Å². The molecule has 0 saturated carbocycles. The predicted octanol–water partition coefficient (Wildman–Crippen LogP) is 6.75. The van der Waals surface area contributed by atoms with E-state index < -0.39 is 0 Å². The number of benzene rings is 4. The Morgan fingerprint density at radius 3 is 1.55 bits per heavy atom.